The first-order valence-corrected chi connectivity index (χ1v) is 9.30. The summed E-state index contributed by atoms with van der Waals surface area (Å²) in [6, 6.07) is 7.00. The molecule has 2 fully saturated rings. The monoisotopic (exact) mass is 325 g/mol. The van der Waals surface area contributed by atoms with Crippen molar-refractivity contribution in [3.05, 3.63) is 24.3 Å². The number of nitrogens with zero attached hydrogens (tertiary/aromatic N) is 1. The molecule has 22 heavy (non-hydrogen) atoms. The van der Waals surface area contributed by atoms with Gasteiger partial charge in [-0.1, -0.05) is 12.1 Å². The van der Waals surface area contributed by atoms with Gasteiger partial charge < -0.3 is 9.47 Å². The first kappa shape index (κ1) is 15.8. The predicted octanol–water partition coefficient (Wildman–Crippen LogP) is 2.42. The van der Waals surface area contributed by atoms with Crippen molar-refractivity contribution in [3.8, 4) is 5.75 Å². The second kappa shape index (κ2) is 6.18. The second-order valence-corrected chi connectivity index (χ2v) is 7.74. The maximum Gasteiger partial charge on any atom is 0.247 e. The normalized spacial score (nSPS) is 28.7. The number of hydrogen-bond acceptors (Lipinski definition) is 4. The van der Waals surface area contributed by atoms with E-state index >= 15 is 0 Å². The van der Waals surface area contributed by atoms with Crippen LogP contribution in [0.2, 0.25) is 0 Å². The average molecular weight is 325 g/mol. The first-order chi connectivity index (χ1) is 10.6. The van der Waals surface area contributed by atoms with Crippen molar-refractivity contribution >= 4 is 10.0 Å². The van der Waals surface area contributed by atoms with Crippen LogP contribution in [0.5, 0.6) is 5.75 Å². The van der Waals surface area contributed by atoms with Gasteiger partial charge in [-0.3, -0.25) is 0 Å². The second-order valence-electron chi connectivity index (χ2n) is 5.93. The van der Waals surface area contributed by atoms with Gasteiger partial charge in [0.2, 0.25) is 10.0 Å². The number of sulfonamides is 1. The summed E-state index contributed by atoms with van der Waals surface area (Å²) >= 11 is 0. The van der Waals surface area contributed by atoms with Crippen LogP contribution < -0.4 is 4.74 Å². The number of piperidine rings is 1. The topological polar surface area (TPSA) is 55.8 Å². The fourth-order valence-corrected chi connectivity index (χ4v) is 5.75. The van der Waals surface area contributed by atoms with E-state index in [0.717, 1.165) is 25.7 Å². The Hall–Kier alpha value is -1.11. The van der Waals surface area contributed by atoms with Crippen LogP contribution in [0.4, 0.5) is 0 Å². The average Bonchev–Trinajstić information content (AvgIpc) is 2.80. The van der Waals surface area contributed by atoms with Crippen LogP contribution in [0.3, 0.4) is 0 Å². The molecule has 2 aliphatic rings. The fourth-order valence-electron chi connectivity index (χ4n) is 3.72. The highest BCUT2D eigenvalue weighted by Gasteiger charge is 2.47. The lowest BCUT2D eigenvalue weighted by atomic mass is 10.0. The minimum absolute atomic E-state index is 0.0448. The number of para-hydroxylation sites is 1. The van der Waals surface area contributed by atoms with Crippen molar-refractivity contribution < 1.29 is 17.9 Å². The third-order valence-electron chi connectivity index (χ3n) is 4.66. The molecule has 0 spiro atoms. The molecule has 0 aromatic heterocycles. The van der Waals surface area contributed by atoms with Crippen molar-refractivity contribution in [1.82, 2.24) is 4.31 Å². The van der Waals surface area contributed by atoms with E-state index in [-0.39, 0.29) is 23.1 Å². The summed E-state index contributed by atoms with van der Waals surface area (Å²) in [5.74, 6) is 0.443. The molecule has 2 heterocycles. The van der Waals surface area contributed by atoms with E-state index in [9.17, 15) is 8.42 Å². The van der Waals surface area contributed by atoms with Gasteiger partial charge in [0.25, 0.3) is 0 Å². The van der Waals surface area contributed by atoms with Crippen LogP contribution >= 0.6 is 0 Å². The van der Waals surface area contributed by atoms with Gasteiger partial charge in [-0.2, -0.15) is 4.31 Å². The zero-order valence-electron chi connectivity index (χ0n) is 13.1. The summed E-state index contributed by atoms with van der Waals surface area (Å²) in [6.07, 6.45) is 3.57. The summed E-state index contributed by atoms with van der Waals surface area (Å²) in [6.45, 7) is 2.31. The Labute approximate surface area is 132 Å². The molecule has 0 aliphatic carbocycles. The highest BCUT2D eigenvalue weighted by Crippen LogP contribution is 2.41. The van der Waals surface area contributed by atoms with Crippen LogP contribution in [0.1, 0.15) is 32.6 Å². The van der Waals surface area contributed by atoms with Gasteiger partial charge >= 0.3 is 0 Å². The molecule has 2 bridgehead atoms. The molecule has 0 radical (unpaired) electrons. The lowest BCUT2D eigenvalue weighted by Crippen LogP contribution is -2.48. The Morgan fingerprint density at radius 2 is 1.82 bits per heavy atom. The molecule has 2 aliphatic heterocycles. The summed E-state index contributed by atoms with van der Waals surface area (Å²) in [4.78, 5) is 0.282. The fraction of sp³-hybridized carbons (Fsp3) is 0.625. The van der Waals surface area contributed by atoms with Gasteiger partial charge in [0, 0.05) is 19.2 Å². The van der Waals surface area contributed by atoms with Crippen molar-refractivity contribution in [2.75, 3.05) is 13.7 Å². The Balaban J connectivity index is 1.95. The van der Waals surface area contributed by atoms with Crippen molar-refractivity contribution in [1.29, 1.82) is 0 Å². The molecule has 0 saturated carbocycles. The lowest BCUT2D eigenvalue weighted by Gasteiger charge is -2.37. The summed E-state index contributed by atoms with van der Waals surface area (Å²) < 4.78 is 39.0. The summed E-state index contributed by atoms with van der Waals surface area (Å²) in [5, 5.41) is 0. The van der Waals surface area contributed by atoms with Crippen molar-refractivity contribution in [3.63, 3.8) is 0 Å². The molecule has 6 heteroatoms. The molecular weight excluding hydrogens is 302 g/mol. The Morgan fingerprint density at radius 3 is 2.41 bits per heavy atom. The van der Waals surface area contributed by atoms with Crippen molar-refractivity contribution in [2.24, 2.45) is 0 Å². The maximum absolute atomic E-state index is 13.1. The van der Waals surface area contributed by atoms with E-state index in [1.807, 2.05) is 6.92 Å². The van der Waals surface area contributed by atoms with Crippen LogP contribution in [-0.4, -0.2) is 44.6 Å². The number of methoxy groups -OCH3 is 1. The molecule has 1 aromatic carbocycles. The molecule has 0 N–H and O–H groups in total. The van der Waals surface area contributed by atoms with E-state index in [1.54, 1.807) is 35.7 Å². The third kappa shape index (κ3) is 2.64. The summed E-state index contributed by atoms with van der Waals surface area (Å²) in [5.41, 5.74) is 0. The highest BCUT2D eigenvalue weighted by molar-refractivity contribution is 7.89. The Kier molecular flexibility index (Phi) is 4.43. The molecule has 0 amide bonds. The van der Waals surface area contributed by atoms with Crippen LogP contribution in [-0.2, 0) is 14.8 Å². The van der Waals surface area contributed by atoms with E-state index in [2.05, 4.69) is 0 Å². The summed E-state index contributed by atoms with van der Waals surface area (Å²) in [7, 11) is -1.82. The largest absolute Gasteiger partial charge is 0.492 e. The molecule has 2 saturated heterocycles. The van der Waals surface area contributed by atoms with Gasteiger partial charge in [-0.05, 0) is 44.7 Å². The Morgan fingerprint density at radius 1 is 1.18 bits per heavy atom. The smallest absolute Gasteiger partial charge is 0.247 e. The lowest BCUT2D eigenvalue weighted by molar-refractivity contribution is 0.0349. The minimum Gasteiger partial charge on any atom is -0.492 e. The van der Waals surface area contributed by atoms with E-state index in [0.29, 0.717) is 12.4 Å². The molecule has 5 nitrogen and oxygen atoms in total. The van der Waals surface area contributed by atoms with Crippen LogP contribution in [0.15, 0.2) is 29.2 Å². The minimum atomic E-state index is -3.53. The zero-order valence-corrected chi connectivity index (χ0v) is 13.9. The first-order valence-electron chi connectivity index (χ1n) is 7.86. The number of rotatable bonds is 5. The van der Waals surface area contributed by atoms with Gasteiger partial charge in [0.05, 0.1) is 12.7 Å². The van der Waals surface area contributed by atoms with Gasteiger partial charge in [0.1, 0.15) is 10.6 Å². The van der Waals surface area contributed by atoms with Crippen molar-refractivity contribution in [2.45, 2.75) is 55.7 Å². The Bertz CT molecular complexity index is 617. The number of benzene rings is 1. The molecular formula is C16H23NO4S. The molecule has 122 valence electrons. The molecule has 1 aromatic rings. The standard InChI is InChI=1S/C16H23NO4S/c1-3-21-15-6-4-5-7-16(15)22(18,19)17-12-8-9-13(17)11-14(10-12)20-2/h4-7,12-14H,3,8-11H2,1-2H3. The van der Waals surface area contributed by atoms with Crippen LogP contribution in [0, 0.1) is 0 Å². The van der Waals surface area contributed by atoms with E-state index in [4.69, 9.17) is 9.47 Å². The molecule has 2 unspecified atom stereocenters. The number of ether oxygens (including phenoxy) is 2. The van der Waals surface area contributed by atoms with Gasteiger partial charge in [0.15, 0.2) is 0 Å². The van der Waals surface area contributed by atoms with Crippen LogP contribution in [0.25, 0.3) is 0 Å². The van der Waals surface area contributed by atoms with Gasteiger partial charge in [-0.15, -0.1) is 0 Å². The number of hydrogen-bond donors (Lipinski definition) is 0. The predicted molar refractivity (Wildman–Crippen MR) is 83.5 cm³/mol. The molecule has 3 rings (SSSR count). The quantitative estimate of drug-likeness (QED) is 0.834. The third-order valence-corrected chi connectivity index (χ3v) is 6.71. The number of fused-ring (bicyclic) bond motifs is 2. The maximum atomic E-state index is 13.1. The van der Waals surface area contributed by atoms with E-state index in [1.165, 1.54) is 0 Å². The van der Waals surface area contributed by atoms with E-state index < -0.39 is 10.0 Å². The zero-order chi connectivity index (χ0) is 15.7. The van der Waals surface area contributed by atoms with Gasteiger partial charge in [-0.25, -0.2) is 8.42 Å². The molecule has 2 atom stereocenters. The highest BCUT2D eigenvalue weighted by atomic mass is 32.2. The SMILES string of the molecule is CCOc1ccccc1S(=O)(=O)N1C2CCC1CC(OC)C2.